The highest BCUT2D eigenvalue weighted by Crippen LogP contribution is 2.31. The lowest BCUT2D eigenvalue weighted by atomic mass is 10.0. The number of aryl methyl sites for hydroxylation is 1. The predicted molar refractivity (Wildman–Crippen MR) is 75.8 cm³/mol. The minimum Gasteiger partial charge on any atom is -0.388 e. The minimum absolute atomic E-state index is 0.491. The molecular formula is C15H24N2O. The third-order valence-electron chi connectivity index (χ3n) is 4.05. The molecule has 0 amide bonds. The van der Waals surface area contributed by atoms with Crippen molar-refractivity contribution in [2.75, 3.05) is 18.5 Å². The maximum atomic E-state index is 10.4. The van der Waals surface area contributed by atoms with Gasteiger partial charge in [0.1, 0.15) is 0 Å². The quantitative estimate of drug-likeness (QED) is 0.859. The molecule has 0 spiro atoms. The summed E-state index contributed by atoms with van der Waals surface area (Å²) in [4.78, 5) is 2.15. The van der Waals surface area contributed by atoms with Crippen LogP contribution in [0.4, 0.5) is 5.69 Å². The van der Waals surface area contributed by atoms with Crippen LogP contribution in [0.3, 0.4) is 0 Å². The van der Waals surface area contributed by atoms with Crippen molar-refractivity contribution >= 4 is 5.69 Å². The molecule has 2 rings (SSSR count). The molecule has 18 heavy (non-hydrogen) atoms. The van der Waals surface area contributed by atoms with Crippen LogP contribution in [0.5, 0.6) is 0 Å². The summed E-state index contributed by atoms with van der Waals surface area (Å²) >= 11 is 0. The van der Waals surface area contributed by atoms with E-state index >= 15 is 0 Å². The number of hydrogen-bond acceptors (Lipinski definition) is 3. The third-order valence-corrected chi connectivity index (χ3v) is 4.05. The van der Waals surface area contributed by atoms with E-state index < -0.39 is 5.60 Å². The lowest BCUT2D eigenvalue weighted by molar-refractivity contribution is 0.0559. The first kappa shape index (κ1) is 13.4. The molecule has 1 aliphatic carbocycles. The van der Waals surface area contributed by atoms with Gasteiger partial charge in [-0.25, -0.2) is 0 Å². The van der Waals surface area contributed by atoms with Crippen LogP contribution in [0.25, 0.3) is 0 Å². The monoisotopic (exact) mass is 248 g/mol. The summed E-state index contributed by atoms with van der Waals surface area (Å²) in [5, 5.41) is 10.4. The Bertz CT molecular complexity index is 411. The van der Waals surface area contributed by atoms with E-state index in [0.717, 1.165) is 31.4 Å². The number of nitrogens with zero attached hydrogens (tertiary/aromatic N) is 1. The number of hydrogen-bond donors (Lipinski definition) is 2. The van der Waals surface area contributed by atoms with Crippen molar-refractivity contribution in [2.45, 2.75) is 44.8 Å². The highest BCUT2D eigenvalue weighted by molar-refractivity contribution is 5.50. The molecule has 0 aromatic heterocycles. The summed E-state index contributed by atoms with van der Waals surface area (Å²) in [6.45, 7) is 3.39. The molecule has 0 bridgehead atoms. The molecule has 1 fully saturated rings. The van der Waals surface area contributed by atoms with Crippen LogP contribution < -0.4 is 10.6 Å². The van der Waals surface area contributed by atoms with Crippen LogP contribution in [0, 0.1) is 6.92 Å². The molecule has 0 saturated heterocycles. The largest absolute Gasteiger partial charge is 0.388 e. The molecule has 3 heteroatoms. The molecule has 0 aliphatic heterocycles. The summed E-state index contributed by atoms with van der Waals surface area (Å²) in [5.74, 6) is 0. The van der Waals surface area contributed by atoms with Gasteiger partial charge in [-0.05, 0) is 43.0 Å². The van der Waals surface area contributed by atoms with E-state index in [9.17, 15) is 5.11 Å². The van der Waals surface area contributed by atoms with Gasteiger partial charge in [0.05, 0.1) is 5.60 Å². The first-order valence-corrected chi connectivity index (χ1v) is 6.77. The Labute approximate surface area is 110 Å². The van der Waals surface area contributed by atoms with E-state index in [2.05, 4.69) is 30.0 Å². The van der Waals surface area contributed by atoms with E-state index in [1.54, 1.807) is 0 Å². The second kappa shape index (κ2) is 5.29. The Kier molecular flexibility index (Phi) is 3.93. The van der Waals surface area contributed by atoms with Crippen molar-refractivity contribution in [3.8, 4) is 0 Å². The third kappa shape index (κ3) is 2.85. The van der Waals surface area contributed by atoms with Crippen LogP contribution in [0.1, 0.15) is 36.8 Å². The van der Waals surface area contributed by atoms with Gasteiger partial charge >= 0.3 is 0 Å². The number of likely N-dealkylation sites (N-methyl/N-ethyl adjacent to an activating group) is 1. The first-order chi connectivity index (χ1) is 8.54. The molecule has 1 saturated carbocycles. The van der Waals surface area contributed by atoms with E-state index in [4.69, 9.17) is 5.73 Å². The van der Waals surface area contributed by atoms with Gasteiger partial charge in [-0.3, -0.25) is 0 Å². The lowest BCUT2D eigenvalue weighted by Gasteiger charge is -2.30. The molecule has 1 aliphatic rings. The average molecular weight is 248 g/mol. The summed E-state index contributed by atoms with van der Waals surface area (Å²) in [6.07, 6.45) is 4.15. The van der Waals surface area contributed by atoms with Crippen molar-refractivity contribution in [3.63, 3.8) is 0 Å². The number of nitrogens with two attached hydrogens (primary N) is 1. The van der Waals surface area contributed by atoms with Crippen molar-refractivity contribution in [1.29, 1.82) is 0 Å². The molecular weight excluding hydrogens is 224 g/mol. The normalized spacial score (nSPS) is 18.0. The molecule has 0 unspecified atom stereocenters. The van der Waals surface area contributed by atoms with Crippen molar-refractivity contribution < 1.29 is 5.11 Å². The second-order valence-electron chi connectivity index (χ2n) is 5.60. The van der Waals surface area contributed by atoms with Crippen LogP contribution in [-0.2, 0) is 6.54 Å². The zero-order chi connectivity index (χ0) is 13.2. The standard InChI is InChI=1S/C15H24N2O/c1-12-9-14(6-5-13(12)10-16)17(2)11-15(18)7-3-4-8-15/h5-6,9,18H,3-4,7-8,10-11,16H2,1-2H3. The number of benzene rings is 1. The highest BCUT2D eigenvalue weighted by Gasteiger charge is 2.32. The van der Waals surface area contributed by atoms with Crippen LogP contribution in [-0.4, -0.2) is 24.3 Å². The fourth-order valence-electron chi connectivity index (χ4n) is 2.87. The minimum atomic E-state index is -0.491. The molecule has 1 aromatic rings. The molecule has 3 nitrogen and oxygen atoms in total. The van der Waals surface area contributed by atoms with Crippen molar-refractivity contribution in [1.82, 2.24) is 0 Å². The summed E-state index contributed by atoms with van der Waals surface area (Å²) in [7, 11) is 2.05. The van der Waals surface area contributed by atoms with E-state index in [-0.39, 0.29) is 0 Å². The first-order valence-electron chi connectivity index (χ1n) is 6.77. The summed E-state index contributed by atoms with van der Waals surface area (Å²) in [5.41, 5.74) is 8.75. The Balaban J connectivity index is 2.08. The average Bonchev–Trinajstić information content (AvgIpc) is 2.75. The Hall–Kier alpha value is -1.06. The summed E-state index contributed by atoms with van der Waals surface area (Å²) in [6, 6.07) is 6.33. The van der Waals surface area contributed by atoms with Gasteiger partial charge in [0.25, 0.3) is 0 Å². The SMILES string of the molecule is Cc1cc(N(C)CC2(O)CCCC2)ccc1CN. The van der Waals surface area contributed by atoms with E-state index in [0.29, 0.717) is 13.1 Å². The van der Waals surface area contributed by atoms with Crippen LogP contribution in [0.15, 0.2) is 18.2 Å². The maximum Gasteiger partial charge on any atom is 0.0821 e. The zero-order valence-corrected chi connectivity index (χ0v) is 11.4. The molecule has 0 radical (unpaired) electrons. The summed E-state index contributed by atoms with van der Waals surface area (Å²) < 4.78 is 0. The number of anilines is 1. The van der Waals surface area contributed by atoms with Crippen LogP contribution in [0.2, 0.25) is 0 Å². The topological polar surface area (TPSA) is 49.5 Å². The van der Waals surface area contributed by atoms with Gasteiger partial charge in [0.15, 0.2) is 0 Å². The number of aliphatic hydroxyl groups is 1. The fourth-order valence-corrected chi connectivity index (χ4v) is 2.87. The molecule has 3 N–H and O–H groups in total. The lowest BCUT2D eigenvalue weighted by Crippen LogP contribution is -2.39. The fraction of sp³-hybridized carbons (Fsp3) is 0.600. The molecule has 1 aromatic carbocycles. The van der Waals surface area contributed by atoms with Gasteiger partial charge in [-0.15, -0.1) is 0 Å². The van der Waals surface area contributed by atoms with Crippen LogP contribution >= 0.6 is 0 Å². The smallest absolute Gasteiger partial charge is 0.0821 e. The molecule has 0 atom stereocenters. The zero-order valence-electron chi connectivity index (χ0n) is 11.4. The van der Waals surface area contributed by atoms with Crippen molar-refractivity contribution in [2.24, 2.45) is 5.73 Å². The van der Waals surface area contributed by atoms with Gasteiger partial charge in [-0.1, -0.05) is 18.9 Å². The van der Waals surface area contributed by atoms with Gasteiger partial charge in [0, 0.05) is 25.8 Å². The van der Waals surface area contributed by atoms with Crippen molar-refractivity contribution in [3.05, 3.63) is 29.3 Å². The van der Waals surface area contributed by atoms with Gasteiger partial charge in [0.2, 0.25) is 0 Å². The Morgan fingerprint density at radius 1 is 1.33 bits per heavy atom. The van der Waals surface area contributed by atoms with Gasteiger partial charge < -0.3 is 15.7 Å². The Morgan fingerprint density at radius 3 is 2.56 bits per heavy atom. The van der Waals surface area contributed by atoms with E-state index in [1.165, 1.54) is 11.1 Å². The Morgan fingerprint density at radius 2 is 2.00 bits per heavy atom. The molecule has 100 valence electrons. The second-order valence-corrected chi connectivity index (χ2v) is 5.60. The maximum absolute atomic E-state index is 10.4. The van der Waals surface area contributed by atoms with Gasteiger partial charge in [-0.2, -0.15) is 0 Å². The highest BCUT2D eigenvalue weighted by atomic mass is 16.3. The molecule has 0 heterocycles. The van der Waals surface area contributed by atoms with E-state index in [1.807, 2.05) is 7.05 Å². The number of rotatable bonds is 4. The predicted octanol–water partition coefficient (Wildman–Crippen LogP) is 2.20.